The van der Waals surface area contributed by atoms with Gasteiger partial charge in [-0.1, -0.05) is 29.0 Å². The smallest absolute Gasteiger partial charge is 0.350 e. The number of nitrogens with zero attached hydrogens (tertiary/aromatic N) is 3. The van der Waals surface area contributed by atoms with Crippen LogP contribution in [0.15, 0.2) is 28.7 Å². The number of nitrogens with one attached hydrogen (secondary N) is 1. The number of hydrogen-bond acceptors (Lipinski definition) is 8. The van der Waals surface area contributed by atoms with Crippen molar-refractivity contribution in [2.45, 2.75) is 26.7 Å². The van der Waals surface area contributed by atoms with E-state index in [1.165, 1.54) is 7.11 Å². The van der Waals surface area contributed by atoms with Gasteiger partial charge in [0.2, 0.25) is 17.7 Å². The van der Waals surface area contributed by atoms with Crippen LogP contribution in [0.1, 0.15) is 33.2 Å². The van der Waals surface area contributed by atoms with E-state index in [0.29, 0.717) is 33.9 Å². The lowest BCUT2D eigenvalue weighted by Gasteiger charge is -1.99. The van der Waals surface area contributed by atoms with Crippen molar-refractivity contribution in [3.05, 3.63) is 46.3 Å². The molecule has 0 saturated heterocycles. The van der Waals surface area contributed by atoms with Crippen LogP contribution < -0.4 is 5.32 Å². The van der Waals surface area contributed by atoms with Crippen molar-refractivity contribution in [1.29, 1.82) is 0 Å². The summed E-state index contributed by atoms with van der Waals surface area (Å²) in [7, 11) is 1.30. The van der Waals surface area contributed by atoms with Gasteiger partial charge in [-0.15, -0.1) is 10.2 Å². The molecule has 9 heteroatoms. The highest BCUT2D eigenvalue weighted by molar-refractivity contribution is 7.17. The molecule has 0 aliphatic carbocycles. The van der Waals surface area contributed by atoms with Crippen LogP contribution in [0, 0.1) is 13.8 Å². The molecule has 2 heterocycles. The molecule has 0 aliphatic heterocycles. The third kappa shape index (κ3) is 4.56. The number of methoxy groups -OCH3 is 1. The largest absolute Gasteiger partial charge is 0.465 e. The number of ether oxygens (including phenoxy) is 1. The Morgan fingerprint density at radius 3 is 2.63 bits per heavy atom. The highest BCUT2D eigenvalue weighted by Gasteiger charge is 2.17. The number of aryl methyl sites for hydroxylation is 3. The second kappa shape index (κ2) is 8.09. The summed E-state index contributed by atoms with van der Waals surface area (Å²) >= 11 is 1.08. The maximum atomic E-state index is 12.1. The Kier molecular flexibility index (Phi) is 5.60. The van der Waals surface area contributed by atoms with Crippen LogP contribution >= 0.6 is 11.3 Å². The number of amides is 1. The van der Waals surface area contributed by atoms with Gasteiger partial charge in [0.15, 0.2) is 5.13 Å². The molecular weight excluding hydrogens is 368 g/mol. The van der Waals surface area contributed by atoms with E-state index in [2.05, 4.69) is 25.2 Å². The summed E-state index contributed by atoms with van der Waals surface area (Å²) in [5, 5.41) is 11.0. The number of hydrogen-bond donors (Lipinski definition) is 1. The van der Waals surface area contributed by atoms with Gasteiger partial charge in [-0.05, 0) is 26.0 Å². The van der Waals surface area contributed by atoms with E-state index < -0.39 is 5.97 Å². The van der Waals surface area contributed by atoms with Crippen LogP contribution in [0.25, 0.3) is 11.5 Å². The van der Waals surface area contributed by atoms with E-state index in [9.17, 15) is 9.59 Å². The van der Waals surface area contributed by atoms with Gasteiger partial charge in [-0.2, -0.15) is 0 Å². The molecule has 0 spiro atoms. The molecule has 0 bridgehead atoms. The predicted octanol–water partition coefficient (Wildman–Crippen LogP) is 3.17. The number of thiazole rings is 1. The molecule has 3 aromatic rings. The Morgan fingerprint density at radius 2 is 1.93 bits per heavy atom. The van der Waals surface area contributed by atoms with E-state index in [4.69, 9.17) is 4.42 Å². The van der Waals surface area contributed by atoms with Gasteiger partial charge in [0, 0.05) is 18.4 Å². The molecule has 1 N–H and O–H groups in total. The van der Waals surface area contributed by atoms with Crippen molar-refractivity contribution < 1.29 is 18.7 Å². The quantitative estimate of drug-likeness (QED) is 0.648. The van der Waals surface area contributed by atoms with Crippen LogP contribution in [0.4, 0.5) is 5.13 Å². The number of benzene rings is 1. The minimum atomic E-state index is -0.472. The number of anilines is 1. The Hall–Kier alpha value is -3.07. The summed E-state index contributed by atoms with van der Waals surface area (Å²) in [6, 6.07) is 7.74. The normalized spacial score (nSPS) is 10.6. The molecule has 3 rings (SSSR count). The molecule has 140 valence electrons. The molecule has 8 nitrogen and oxygen atoms in total. The van der Waals surface area contributed by atoms with Crippen molar-refractivity contribution >= 4 is 28.3 Å². The van der Waals surface area contributed by atoms with E-state index in [-0.39, 0.29) is 12.3 Å². The van der Waals surface area contributed by atoms with Gasteiger partial charge < -0.3 is 14.5 Å². The molecule has 2 aromatic heterocycles. The highest BCUT2D eigenvalue weighted by Crippen LogP contribution is 2.23. The Balaban J connectivity index is 1.57. The lowest BCUT2D eigenvalue weighted by molar-refractivity contribution is -0.116. The molecule has 0 fully saturated rings. The third-order valence-corrected chi connectivity index (χ3v) is 4.80. The monoisotopic (exact) mass is 386 g/mol. The maximum Gasteiger partial charge on any atom is 0.350 e. The number of rotatable bonds is 6. The topological polar surface area (TPSA) is 107 Å². The second-order valence-electron chi connectivity index (χ2n) is 5.84. The van der Waals surface area contributed by atoms with Gasteiger partial charge in [0.25, 0.3) is 0 Å². The van der Waals surface area contributed by atoms with Crippen LogP contribution in [0.3, 0.4) is 0 Å². The first kappa shape index (κ1) is 18.7. The summed E-state index contributed by atoms with van der Waals surface area (Å²) in [5.41, 5.74) is 2.49. The first-order valence-electron chi connectivity index (χ1n) is 8.21. The molecule has 0 unspecified atom stereocenters. The summed E-state index contributed by atoms with van der Waals surface area (Å²) in [6.45, 7) is 3.68. The number of aromatic nitrogens is 3. The molecule has 0 aliphatic rings. The average molecular weight is 386 g/mol. The van der Waals surface area contributed by atoms with Gasteiger partial charge in [-0.25, -0.2) is 9.78 Å². The zero-order valence-corrected chi connectivity index (χ0v) is 15.9. The molecular formula is C18H18N4O4S. The van der Waals surface area contributed by atoms with Crippen LogP contribution in [-0.2, 0) is 16.0 Å². The van der Waals surface area contributed by atoms with Gasteiger partial charge >= 0.3 is 5.97 Å². The first-order valence-corrected chi connectivity index (χ1v) is 9.03. The fraction of sp³-hybridized carbons (Fsp3) is 0.278. The van der Waals surface area contributed by atoms with Crippen molar-refractivity contribution in [2.24, 2.45) is 0 Å². The Bertz CT molecular complexity index is 962. The van der Waals surface area contributed by atoms with Gasteiger partial charge in [0.05, 0.1) is 12.8 Å². The highest BCUT2D eigenvalue weighted by atomic mass is 32.1. The summed E-state index contributed by atoms with van der Waals surface area (Å²) in [4.78, 5) is 28.2. The molecule has 1 aromatic carbocycles. The summed E-state index contributed by atoms with van der Waals surface area (Å²) < 4.78 is 10.3. The molecule has 1 amide bonds. The van der Waals surface area contributed by atoms with Crippen molar-refractivity contribution in [3.8, 4) is 11.5 Å². The van der Waals surface area contributed by atoms with E-state index in [1.807, 2.05) is 31.2 Å². The predicted molar refractivity (Wildman–Crippen MR) is 99.6 cm³/mol. The van der Waals surface area contributed by atoms with Crippen LogP contribution in [0.2, 0.25) is 0 Å². The maximum absolute atomic E-state index is 12.1. The van der Waals surface area contributed by atoms with Crippen LogP contribution in [-0.4, -0.2) is 34.2 Å². The fourth-order valence-corrected chi connectivity index (χ4v) is 3.20. The summed E-state index contributed by atoms with van der Waals surface area (Å²) in [5.74, 6) is 0.0743. The minimum Gasteiger partial charge on any atom is -0.465 e. The lowest BCUT2D eigenvalue weighted by atomic mass is 10.1. The zero-order valence-electron chi connectivity index (χ0n) is 15.1. The molecule has 0 saturated carbocycles. The van der Waals surface area contributed by atoms with E-state index in [0.717, 1.165) is 22.5 Å². The fourth-order valence-electron chi connectivity index (χ4n) is 2.30. The lowest BCUT2D eigenvalue weighted by Crippen LogP contribution is -2.12. The Labute approximate surface area is 159 Å². The number of carbonyl (C=O) groups is 2. The second-order valence-corrected chi connectivity index (χ2v) is 6.84. The standard InChI is InChI=1S/C18H18N4O4S/c1-10-4-6-12(7-5-10)16-22-21-14(26-16)9-8-13(23)20-18-19-11(2)15(27-18)17(24)25-3/h4-7H,8-9H2,1-3H3,(H,19,20,23). The van der Waals surface area contributed by atoms with E-state index >= 15 is 0 Å². The van der Waals surface area contributed by atoms with Crippen molar-refractivity contribution in [2.75, 3.05) is 12.4 Å². The first-order chi connectivity index (χ1) is 13.0. The van der Waals surface area contributed by atoms with Crippen molar-refractivity contribution in [1.82, 2.24) is 15.2 Å². The van der Waals surface area contributed by atoms with Crippen molar-refractivity contribution in [3.63, 3.8) is 0 Å². The minimum absolute atomic E-state index is 0.154. The average Bonchev–Trinajstić information content (AvgIpc) is 3.26. The Morgan fingerprint density at radius 1 is 1.19 bits per heavy atom. The van der Waals surface area contributed by atoms with Gasteiger partial charge in [-0.3, -0.25) is 4.79 Å². The SMILES string of the molecule is COC(=O)c1sc(NC(=O)CCc2nnc(-c3ccc(C)cc3)o2)nc1C. The van der Waals surface area contributed by atoms with E-state index in [1.54, 1.807) is 6.92 Å². The molecule has 0 radical (unpaired) electrons. The molecule has 27 heavy (non-hydrogen) atoms. The van der Waals surface area contributed by atoms with Gasteiger partial charge in [0.1, 0.15) is 4.88 Å². The number of carbonyl (C=O) groups excluding carboxylic acids is 2. The third-order valence-electron chi connectivity index (χ3n) is 3.75. The number of esters is 1. The molecule has 0 atom stereocenters. The zero-order chi connectivity index (χ0) is 19.4. The van der Waals surface area contributed by atoms with Crippen LogP contribution in [0.5, 0.6) is 0 Å². The summed E-state index contributed by atoms with van der Waals surface area (Å²) in [6.07, 6.45) is 0.459.